The van der Waals surface area contributed by atoms with Crippen molar-refractivity contribution in [1.29, 1.82) is 0 Å². The second kappa shape index (κ2) is 8.15. The van der Waals surface area contributed by atoms with Gasteiger partial charge in [-0.1, -0.05) is 16.9 Å². The van der Waals surface area contributed by atoms with Gasteiger partial charge in [0.25, 0.3) is 0 Å². The molecular formula is C13H15N7O6S2. The number of thioether (sulfide) groups is 2. The van der Waals surface area contributed by atoms with E-state index in [1.807, 2.05) is 0 Å². The minimum Gasteiger partial charge on any atom is -0.477 e. The first-order chi connectivity index (χ1) is 13.3. The van der Waals surface area contributed by atoms with E-state index in [0.717, 1.165) is 11.8 Å². The quantitative estimate of drug-likeness (QED) is 0.187. The Hall–Kier alpha value is -2.65. The number of aromatic nitrogens is 4. The second-order valence-electron chi connectivity index (χ2n) is 5.63. The van der Waals surface area contributed by atoms with Gasteiger partial charge in [0.05, 0.1) is 6.54 Å². The summed E-state index contributed by atoms with van der Waals surface area (Å²) in [5.74, 6) is -2.33. The van der Waals surface area contributed by atoms with Crippen molar-refractivity contribution in [3.8, 4) is 0 Å². The van der Waals surface area contributed by atoms with Gasteiger partial charge in [-0.2, -0.15) is 0 Å². The van der Waals surface area contributed by atoms with Crippen LogP contribution in [0.2, 0.25) is 0 Å². The zero-order valence-electron chi connectivity index (χ0n) is 14.4. The Morgan fingerprint density at radius 1 is 1.46 bits per heavy atom. The molecule has 1 unspecified atom stereocenters. The Kier molecular flexibility index (Phi) is 5.85. The predicted octanol–water partition coefficient (Wildman–Crippen LogP) is -1.57. The van der Waals surface area contributed by atoms with Crippen LogP contribution >= 0.6 is 23.5 Å². The van der Waals surface area contributed by atoms with Crippen molar-refractivity contribution in [2.75, 3.05) is 18.6 Å². The molecule has 0 radical (unpaired) electrons. The largest absolute Gasteiger partial charge is 0.477 e. The van der Waals surface area contributed by atoms with Gasteiger partial charge < -0.3 is 20.8 Å². The Morgan fingerprint density at radius 3 is 2.86 bits per heavy atom. The lowest BCUT2D eigenvalue weighted by Gasteiger charge is -2.48. The maximum absolute atomic E-state index is 12.0. The number of carbonyl (C=O) groups excluding carboxylic acids is 1. The molecule has 4 N–H and O–H groups in total. The summed E-state index contributed by atoms with van der Waals surface area (Å²) < 4.78 is 1.21. The van der Waals surface area contributed by atoms with E-state index in [9.17, 15) is 19.5 Å². The molecule has 2 atom stereocenters. The van der Waals surface area contributed by atoms with Gasteiger partial charge in [0, 0.05) is 11.5 Å². The molecule has 1 aromatic rings. The molecule has 3 rings (SSSR count). The van der Waals surface area contributed by atoms with Crippen LogP contribution in [0, 0.1) is 0 Å². The molecule has 0 saturated carbocycles. The summed E-state index contributed by atoms with van der Waals surface area (Å²) in [6, 6.07) is -0.699. The van der Waals surface area contributed by atoms with E-state index in [1.54, 1.807) is 0 Å². The number of nitrogens with two attached hydrogens (primary N) is 1. The summed E-state index contributed by atoms with van der Waals surface area (Å²) in [5, 5.41) is 33.0. The minimum absolute atomic E-state index is 0.0749. The molecule has 150 valence electrons. The third-order valence-corrected chi connectivity index (χ3v) is 6.32. The SMILES string of the molecule is CON=C(Cn1nnnc1SCC1=C(C(=O)O)N2C(=O)C(N)[C@H]2SC1)C(=O)O. The van der Waals surface area contributed by atoms with Crippen molar-refractivity contribution < 1.29 is 29.4 Å². The molecule has 3 heterocycles. The molecule has 15 heteroatoms. The molecule has 1 amide bonds. The fourth-order valence-corrected chi connectivity index (χ4v) is 4.94. The monoisotopic (exact) mass is 429 g/mol. The number of nitrogens with zero attached hydrogens (tertiary/aromatic N) is 6. The minimum atomic E-state index is -1.29. The molecule has 1 fully saturated rings. The Morgan fingerprint density at radius 2 is 2.21 bits per heavy atom. The molecule has 13 nitrogen and oxygen atoms in total. The predicted molar refractivity (Wildman–Crippen MR) is 96.4 cm³/mol. The highest BCUT2D eigenvalue weighted by Gasteiger charge is 2.51. The molecule has 2 aliphatic heterocycles. The molecule has 0 spiro atoms. The topological polar surface area (TPSA) is 186 Å². The van der Waals surface area contributed by atoms with E-state index in [0.29, 0.717) is 11.3 Å². The van der Waals surface area contributed by atoms with E-state index in [4.69, 9.17) is 10.8 Å². The summed E-state index contributed by atoms with van der Waals surface area (Å²) in [5.41, 5.74) is 5.86. The van der Waals surface area contributed by atoms with Crippen molar-refractivity contribution >= 4 is 47.1 Å². The number of rotatable bonds is 8. The Bertz CT molecular complexity index is 884. The lowest BCUT2D eigenvalue weighted by atomic mass is 10.0. The number of amides is 1. The zero-order valence-corrected chi connectivity index (χ0v) is 16.0. The number of carbonyl (C=O) groups is 3. The first-order valence-corrected chi connectivity index (χ1v) is 9.76. The number of hydrogen-bond acceptors (Lipinski definition) is 11. The number of carboxylic acids is 2. The zero-order chi connectivity index (χ0) is 20.4. The van der Waals surface area contributed by atoms with Crippen LogP contribution in [-0.2, 0) is 25.8 Å². The third kappa shape index (κ3) is 3.67. The van der Waals surface area contributed by atoms with Crippen LogP contribution in [0.1, 0.15) is 0 Å². The summed E-state index contributed by atoms with van der Waals surface area (Å²) >= 11 is 2.51. The lowest BCUT2D eigenvalue weighted by molar-refractivity contribution is -0.147. The van der Waals surface area contributed by atoms with E-state index in [-0.39, 0.29) is 34.2 Å². The van der Waals surface area contributed by atoms with Gasteiger partial charge in [0.2, 0.25) is 11.1 Å². The summed E-state index contributed by atoms with van der Waals surface area (Å²) in [6.45, 7) is -0.236. The average molecular weight is 429 g/mol. The van der Waals surface area contributed by atoms with Crippen molar-refractivity contribution in [1.82, 2.24) is 25.1 Å². The van der Waals surface area contributed by atoms with E-state index in [1.165, 1.54) is 28.5 Å². The van der Waals surface area contributed by atoms with E-state index in [2.05, 4.69) is 25.5 Å². The maximum atomic E-state index is 12.0. The first-order valence-electron chi connectivity index (χ1n) is 7.73. The molecule has 28 heavy (non-hydrogen) atoms. The number of fused-ring (bicyclic) bond motifs is 1. The normalized spacial score (nSPS) is 22.0. The fraction of sp³-hybridized carbons (Fsp3) is 0.462. The van der Waals surface area contributed by atoms with Crippen molar-refractivity contribution in [3.63, 3.8) is 0 Å². The third-order valence-electron chi connectivity index (χ3n) is 3.91. The maximum Gasteiger partial charge on any atom is 0.355 e. The molecule has 1 saturated heterocycles. The summed E-state index contributed by atoms with van der Waals surface area (Å²) in [7, 11) is 1.22. The van der Waals surface area contributed by atoms with Crippen molar-refractivity contribution in [2.45, 2.75) is 23.1 Å². The fourth-order valence-electron chi connectivity index (χ4n) is 2.63. The van der Waals surface area contributed by atoms with E-state index >= 15 is 0 Å². The van der Waals surface area contributed by atoms with Gasteiger partial charge in [-0.05, 0) is 16.0 Å². The number of aliphatic carboxylic acids is 2. The second-order valence-corrected chi connectivity index (χ2v) is 7.67. The van der Waals surface area contributed by atoms with Crippen LogP contribution < -0.4 is 5.73 Å². The molecule has 0 aromatic carbocycles. The van der Waals surface area contributed by atoms with Crippen LogP contribution in [0.5, 0.6) is 0 Å². The molecule has 1 aromatic heterocycles. The molecular weight excluding hydrogens is 414 g/mol. The smallest absolute Gasteiger partial charge is 0.355 e. The van der Waals surface area contributed by atoms with Gasteiger partial charge in [0.15, 0.2) is 5.71 Å². The number of carboxylic acid groups (broad SMARTS) is 2. The van der Waals surface area contributed by atoms with Crippen LogP contribution in [0.15, 0.2) is 21.6 Å². The van der Waals surface area contributed by atoms with E-state index < -0.39 is 23.9 Å². The molecule has 2 aliphatic rings. The van der Waals surface area contributed by atoms with Crippen LogP contribution in [0.4, 0.5) is 0 Å². The number of tetrazole rings is 1. The van der Waals surface area contributed by atoms with Gasteiger partial charge >= 0.3 is 11.9 Å². The van der Waals surface area contributed by atoms with Crippen molar-refractivity contribution in [2.24, 2.45) is 10.9 Å². The molecule has 0 aliphatic carbocycles. The Labute approximate surface area is 165 Å². The molecule has 0 bridgehead atoms. The van der Waals surface area contributed by atoms with Crippen LogP contribution in [0.25, 0.3) is 0 Å². The number of hydrogen-bond donors (Lipinski definition) is 3. The summed E-state index contributed by atoms with van der Waals surface area (Å²) in [4.78, 5) is 40.5. The highest BCUT2D eigenvalue weighted by Crippen LogP contribution is 2.40. The first kappa shape index (κ1) is 20.1. The average Bonchev–Trinajstić information content (AvgIpc) is 3.11. The Balaban J connectivity index is 1.76. The highest BCUT2D eigenvalue weighted by atomic mass is 32.2. The summed E-state index contributed by atoms with van der Waals surface area (Å²) in [6.07, 6.45) is 0. The van der Waals surface area contributed by atoms with Gasteiger partial charge in [-0.15, -0.1) is 16.9 Å². The van der Waals surface area contributed by atoms with Crippen LogP contribution in [-0.4, -0.2) is 88.9 Å². The lowest BCUT2D eigenvalue weighted by Crippen LogP contribution is -2.68. The van der Waals surface area contributed by atoms with Gasteiger partial charge in [-0.25, -0.2) is 14.3 Å². The highest BCUT2D eigenvalue weighted by molar-refractivity contribution is 8.01. The van der Waals surface area contributed by atoms with Crippen LogP contribution in [0.3, 0.4) is 0 Å². The number of oxime groups is 1. The van der Waals surface area contributed by atoms with Gasteiger partial charge in [0.1, 0.15) is 24.2 Å². The van der Waals surface area contributed by atoms with Gasteiger partial charge in [-0.3, -0.25) is 9.69 Å². The standard InChI is InChI=1S/C13H15N7O6S2/c1-26-16-6(11(22)23)2-19-13(15-17-18-19)28-4-5-3-27-10-7(14)9(21)20(10)8(5)12(24)25/h7,10H,2-4,14H2,1H3,(H,22,23)(H,24,25)/t7?,10-/m1/s1. The number of β-lactam (4-membered cyclic amide) rings is 1. The van der Waals surface area contributed by atoms with Crippen molar-refractivity contribution in [3.05, 3.63) is 11.3 Å².